The summed E-state index contributed by atoms with van der Waals surface area (Å²) in [4.78, 5) is 2.19. The maximum absolute atomic E-state index is 8.88. The zero-order valence-corrected chi connectivity index (χ0v) is 9.31. The number of ether oxygens (including phenoxy) is 1. The van der Waals surface area contributed by atoms with Crippen LogP contribution in [0.4, 0.5) is 11.4 Å². The molecule has 2 rings (SSSR count). The van der Waals surface area contributed by atoms with Crippen LogP contribution in [0.3, 0.4) is 0 Å². The molecule has 0 aliphatic carbocycles. The quantitative estimate of drug-likeness (QED) is 0.721. The van der Waals surface area contributed by atoms with Crippen molar-refractivity contribution < 1.29 is 4.74 Å². The standard InChI is InChI=1S/C12H15N3O/c1-9-8-16-5-4-15(9)12-6-10(7-13)2-3-11(12)14/h2-3,6,9H,4-5,8,14H2,1H3. The molecule has 0 saturated carbocycles. The zero-order chi connectivity index (χ0) is 11.5. The third-order valence-corrected chi connectivity index (χ3v) is 2.84. The highest BCUT2D eigenvalue weighted by Crippen LogP contribution is 2.27. The molecule has 0 bridgehead atoms. The Bertz CT molecular complexity index is 425. The number of nitrogens with zero attached hydrogens (tertiary/aromatic N) is 2. The van der Waals surface area contributed by atoms with Gasteiger partial charge in [0.25, 0.3) is 0 Å². The van der Waals surface area contributed by atoms with E-state index in [1.165, 1.54) is 0 Å². The maximum Gasteiger partial charge on any atom is 0.0992 e. The Kier molecular flexibility index (Phi) is 2.97. The van der Waals surface area contributed by atoms with E-state index in [4.69, 9.17) is 15.7 Å². The number of nitrogens with two attached hydrogens (primary N) is 1. The molecule has 16 heavy (non-hydrogen) atoms. The second-order valence-electron chi connectivity index (χ2n) is 4.00. The normalized spacial score (nSPS) is 20.5. The predicted molar refractivity (Wildman–Crippen MR) is 63.2 cm³/mol. The van der Waals surface area contributed by atoms with Gasteiger partial charge in [-0.15, -0.1) is 0 Å². The Morgan fingerprint density at radius 3 is 3.06 bits per heavy atom. The van der Waals surface area contributed by atoms with Gasteiger partial charge < -0.3 is 15.4 Å². The number of hydrogen-bond donors (Lipinski definition) is 1. The summed E-state index contributed by atoms with van der Waals surface area (Å²) in [6.45, 7) is 4.33. The second kappa shape index (κ2) is 4.42. The van der Waals surface area contributed by atoms with Gasteiger partial charge >= 0.3 is 0 Å². The Hall–Kier alpha value is -1.73. The molecule has 1 atom stereocenters. The SMILES string of the molecule is CC1COCCN1c1cc(C#N)ccc1N. The van der Waals surface area contributed by atoms with Gasteiger partial charge in [-0.05, 0) is 25.1 Å². The first-order chi connectivity index (χ1) is 7.72. The van der Waals surface area contributed by atoms with Crippen LogP contribution in [-0.2, 0) is 4.74 Å². The summed E-state index contributed by atoms with van der Waals surface area (Å²) in [6, 6.07) is 7.80. The topological polar surface area (TPSA) is 62.3 Å². The van der Waals surface area contributed by atoms with Gasteiger partial charge in [0.2, 0.25) is 0 Å². The molecule has 0 spiro atoms. The Balaban J connectivity index is 2.34. The van der Waals surface area contributed by atoms with Crippen molar-refractivity contribution in [2.75, 3.05) is 30.4 Å². The van der Waals surface area contributed by atoms with Crippen LogP contribution in [0, 0.1) is 11.3 Å². The van der Waals surface area contributed by atoms with E-state index in [0.29, 0.717) is 30.5 Å². The van der Waals surface area contributed by atoms with Crippen LogP contribution < -0.4 is 10.6 Å². The average molecular weight is 217 g/mol. The number of benzene rings is 1. The number of morpholine rings is 1. The van der Waals surface area contributed by atoms with E-state index in [1.54, 1.807) is 12.1 Å². The lowest BCUT2D eigenvalue weighted by molar-refractivity contribution is 0.0990. The molecule has 2 N–H and O–H groups in total. The van der Waals surface area contributed by atoms with E-state index < -0.39 is 0 Å². The van der Waals surface area contributed by atoms with Crippen molar-refractivity contribution >= 4 is 11.4 Å². The van der Waals surface area contributed by atoms with E-state index in [-0.39, 0.29) is 0 Å². The van der Waals surface area contributed by atoms with Gasteiger partial charge in [-0.2, -0.15) is 5.26 Å². The van der Waals surface area contributed by atoms with Crippen molar-refractivity contribution in [3.8, 4) is 6.07 Å². The first-order valence-corrected chi connectivity index (χ1v) is 5.36. The number of nitriles is 1. The van der Waals surface area contributed by atoms with Crippen LogP contribution in [0.15, 0.2) is 18.2 Å². The molecule has 1 fully saturated rings. The molecular weight excluding hydrogens is 202 g/mol. The highest BCUT2D eigenvalue weighted by atomic mass is 16.5. The predicted octanol–water partition coefficient (Wildman–Crippen LogP) is 1.37. The van der Waals surface area contributed by atoms with Crippen molar-refractivity contribution in [1.82, 2.24) is 0 Å². The molecule has 1 unspecified atom stereocenters. The van der Waals surface area contributed by atoms with Crippen molar-refractivity contribution in [2.24, 2.45) is 0 Å². The highest BCUT2D eigenvalue weighted by molar-refractivity contribution is 5.70. The van der Waals surface area contributed by atoms with Crippen LogP contribution in [-0.4, -0.2) is 25.8 Å². The summed E-state index contributed by atoms with van der Waals surface area (Å²) in [5, 5.41) is 8.88. The van der Waals surface area contributed by atoms with Gasteiger partial charge in [-0.1, -0.05) is 0 Å². The van der Waals surface area contributed by atoms with Crippen molar-refractivity contribution in [1.29, 1.82) is 5.26 Å². The molecular formula is C12H15N3O. The van der Waals surface area contributed by atoms with E-state index in [2.05, 4.69) is 17.9 Å². The van der Waals surface area contributed by atoms with Gasteiger partial charge in [0.05, 0.1) is 36.2 Å². The molecule has 1 aromatic rings. The lowest BCUT2D eigenvalue weighted by atomic mass is 10.1. The molecule has 1 saturated heterocycles. The van der Waals surface area contributed by atoms with Crippen molar-refractivity contribution in [3.63, 3.8) is 0 Å². The van der Waals surface area contributed by atoms with Crippen LogP contribution in [0.25, 0.3) is 0 Å². The third kappa shape index (κ3) is 1.95. The van der Waals surface area contributed by atoms with Crippen LogP contribution in [0.1, 0.15) is 12.5 Å². The van der Waals surface area contributed by atoms with Gasteiger partial charge in [-0.3, -0.25) is 0 Å². The third-order valence-electron chi connectivity index (χ3n) is 2.84. The molecule has 1 aromatic carbocycles. The lowest BCUT2D eigenvalue weighted by Gasteiger charge is -2.36. The maximum atomic E-state index is 8.88. The summed E-state index contributed by atoms with van der Waals surface area (Å²) in [5.74, 6) is 0. The minimum Gasteiger partial charge on any atom is -0.397 e. The molecule has 4 heteroatoms. The largest absolute Gasteiger partial charge is 0.397 e. The Morgan fingerprint density at radius 1 is 1.56 bits per heavy atom. The smallest absolute Gasteiger partial charge is 0.0992 e. The zero-order valence-electron chi connectivity index (χ0n) is 9.31. The number of rotatable bonds is 1. The second-order valence-corrected chi connectivity index (χ2v) is 4.00. The molecule has 0 aromatic heterocycles. The Labute approximate surface area is 95.2 Å². The van der Waals surface area contributed by atoms with E-state index in [9.17, 15) is 0 Å². The van der Waals surface area contributed by atoms with Crippen molar-refractivity contribution in [3.05, 3.63) is 23.8 Å². The van der Waals surface area contributed by atoms with E-state index in [1.807, 2.05) is 6.07 Å². The number of hydrogen-bond acceptors (Lipinski definition) is 4. The molecule has 0 amide bonds. The van der Waals surface area contributed by atoms with E-state index >= 15 is 0 Å². The van der Waals surface area contributed by atoms with E-state index in [0.717, 1.165) is 12.2 Å². The number of anilines is 2. The summed E-state index contributed by atoms with van der Waals surface area (Å²) in [7, 11) is 0. The van der Waals surface area contributed by atoms with Gasteiger partial charge in [0.1, 0.15) is 0 Å². The van der Waals surface area contributed by atoms with Crippen LogP contribution in [0.5, 0.6) is 0 Å². The van der Waals surface area contributed by atoms with Crippen molar-refractivity contribution in [2.45, 2.75) is 13.0 Å². The number of nitrogen functional groups attached to an aromatic ring is 1. The summed E-state index contributed by atoms with van der Waals surface area (Å²) >= 11 is 0. The highest BCUT2D eigenvalue weighted by Gasteiger charge is 2.20. The average Bonchev–Trinajstić information content (AvgIpc) is 2.31. The first-order valence-electron chi connectivity index (χ1n) is 5.36. The monoisotopic (exact) mass is 217 g/mol. The summed E-state index contributed by atoms with van der Waals surface area (Å²) < 4.78 is 5.38. The van der Waals surface area contributed by atoms with Gasteiger partial charge in [-0.25, -0.2) is 0 Å². The molecule has 84 valence electrons. The Morgan fingerprint density at radius 2 is 2.38 bits per heavy atom. The summed E-state index contributed by atoms with van der Waals surface area (Å²) in [6.07, 6.45) is 0. The van der Waals surface area contributed by atoms with Gasteiger partial charge in [0, 0.05) is 12.6 Å². The first kappa shape index (κ1) is 10.8. The molecule has 1 aliphatic rings. The molecule has 0 radical (unpaired) electrons. The van der Waals surface area contributed by atoms with Crippen LogP contribution in [0.2, 0.25) is 0 Å². The fourth-order valence-corrected chi connectivity index (χ4v) is 1.95. The minimum absolute atomic E-state index is 0.296. The van der Waals surface area contributed by atoms with Gasteiger partial charge in [0.15, 0.2) is 0 Å². The summed E-state index contributed by atoms with van der Waals surface area (Å²) in [5.41, 5.74) is 8.24. The lowest BCUT2D eigenvalue weighted by Crippen LogP contribution is -2.44. The molecule has 1 heterocycles. The minimum atomic E-state index is 0.296. The molecule has 4 nitrogen and oxygen atoms in total. The molecule has 1 aliphatic heterocycles. The fourth-order valence-electron chi connectivity index (χ4n) is 1.95. The van der Waals surface area contributed by atoms with Crippen LogP contribution >= 0.6 is 0 Å². The fraction of sp³-hybridized carbons (Fsp3) is 0.417.